The van der Waals surface area contributed by atoms with E-state index in [1.165, 1.54) is 5.56 Å². The van der Waals surface area contributed by atoms with Gasteiger partial charge in [0, 0.05) is 11.1 Å². The fourth-order valence-corrected chi connectivity index (χ4v) is 5.70. The third-order valence-corrected chi connectivity index (χ3v) is 7.49. The van der Waals surface area contributed by atoms with Crippen molar-refractivity contribution in [2.45, 2.75) is 21.6 Å². The van der Waals surface area contributed by atoms with Crippen LogP contribution >= 0.6 is 11.6 Å². The lowest BCUT2D eigenvalue weighted by Gasteiger charge is -2.16. The maximum absolute atomic E-state index is 6.39. The van der Waals surface area contributed by atoms with Gasteiger partial charge in [0.25, 0.3) is 4.90 Å². The summed E-state index contributed by atoms with van der Waals surface area (Å²) in [4.78, 5) is 3.26. The minimum Gasteiger partial charge on any atom is -0.497 e. The summed E-state index contributed by atoms with van der Waals surface area (Å²) in [6.07, 6.45) is 0. The summed E-state index contributed by atoms with van der Waals surface area (Å²) in [5.74, 6) is 2.94. The molecule has 32 heavy (non-hydrogen) atoms. The second kappa shape index (κ2) is 10.0. The molecule has 1 atom stereocenters. The zero-order chi connectivity index (χ0) is 22.5. The molecule has 0 heterocycles. The zero-order valence-electron chi connectivity index (χ0n) is 18.2. The van der Waals surface area contributed by atoms with Gasteiger partial charge in [0.05, 0.1) is 14.2 Å². The Hall–Kier alpha value is -3.08. The Morgan fingerprint density at radius 3 is 1.91 bits per heavy atom. The fraction of sp³-hybridized carbons (Fsp3) is 0.111. The zero-order valence-corrected chi connectivity index (χ0v) is 19.7. The highest BCUT2D eigenvalue weighted by atomic mass is 35.5. The minimum absolute atomic E-state index is 0.475. The van der Waals surface area contributed by atoms with E-state index in [0.29, 0.717) is 10.8 Å². The maximum Gasteiger partial charge on any atom is 0.250 e. The first-order valence-electron chi connectivity index (χ1n) is 10.1. The number of methoxy groups -OCH3 is 2. The maximum atomic E-state index is 6.39. The molecule has 0 aliphatic heterocycles. The second-order valence-corrected chi connectivity index (χ2v) is 9.54. The molecular formula is C27H24ClO3S+. The van der Waals surface area contributed by atoms with Gasteiger partial charge in [-0.2, -0.15) is 0 Å². The van der Waals surface area contributed by atoms with Gasteiger partial charge in [-0.15, -0.1) is 0 Å². The van der Waals surface area contributed by atoms with Crippen molar-refractivity contribution >= 4 is 22.5 Å². The average molecular weight is 464 g/mol. The highest BCUT2D eigenvalue weighted by Crippen LogP contribution is 2.44. The average Bonchev–Trinajstić information content (AvgIpc) is 2.82. The first-order chi connectivity index (χ1) is 15.6. The molecule has 1 unspecified atom stereocenters. The predicted molar refractivity (Wildman–Crippen MR) is 131 cm³/mol. The highest BCUT2D eigenvalue weighted by Gasteiger charge is 2.36. The van der Waals surface area contributed by atoms with Crippen LogP contribution in [0.15, 0.2) is 106 Å². The molecule has 0 saturated heterocycles. The van der Waals surface area contributed by atoms with Crippen molar-refractivity contribution < 1.29 is 14.2 Å². The number of halogens is 1. The van der Waals surface area contributed by atoms with Gasteiger partial charge in [-0.1, -0.05) is 41.4 Å². The van der Waals surface area contributed by atoms with Crippen molar-refractivity contribution in [1.82, 2.24) is 0 Å². The Kier molecular flexibility index (Phi) is 6.93. The van der Waals surface area contributed by atoms with Crippen LogP contribution in [0.1, 0.15) is 5.56 Å². The molecule has 3 nitrogen and oxygen atoms in total. The van der Waals surface area contributed by atoms with E-state index in [9.17, 15) is 0 Å². The van der Waals surface area contributed by atoms with Gasteiger partial charge in [0.15, 0.2) is 21.3 Å². The van der Waals surface area contributed by atoms with E-state index in [0.717, 1.165) is 31.9 Å². The van der Waals surface area contributed by atoms with E-state index < -0.39 is 10.9 Å². The summed E-state index contributed by atoms with van der Waals surface area (Å²) in [5.41, 5.74) is 1.21. The third kappa shape index (κ3) is 4.87. The van der Waals surface area contributed by atoms with Crippen molar-refractivity contribution in [3.63, 3.8) is 0 Å². The van der Waals surface area contributed by atoms with Crippen LogP contribution in [-0.4, -0.2) is 14.2 Å². The molecule has 162 valence electrons. The fourth-order valence-electron chi connectivity index (χ4n) is 3.35. The van der Waals surface area contributed by atoms with E-state index in [1.807, 2.05) is 54.6 Å². The topological polar surface area (TPSA) is 27.7 Å². The van der Waals surface area contributed by atoms with Gasteiger partial charge in [0.1, 0.15) is 22.4 Å². The van der Waals surface area contributed by atoms with Crippen LogP contribution in [0.25, 0.3) is 0 Å². The lowest BCUT2D eigenvalue weighted by atomic mass is 10.2. The lowest BCUT2D eigenvalue weighted by molar-refractivity contribution is 0.391. The minimum atomic E-state index is -0.475. The highest BCUT2D eigenvalue weighted by molar-refractivity contribution is 7.97. The predicted octanol–water partition coefficient (Wildman–Crippen LogP) is 7.55. The van der Waals surface area contributed by atoms with Crippen LogP contribution in [0.5, 0.6) is 23.0 Å². The molecule has 0 amide bonds. The molecule has 4 aromatic rings. The van der Waals surface area contributed by atoms with Gasteiger partial charge < -0.3 is 14.2 Å². The standard InChI is InChI=1S/C27H24ClO3S/c1-19-10-14-23(15-11-19)32(24-16-12-20(28)13-17-24)27-25(30-3)8-5-9-26(27)31-22-7-4-6-21(18-22)29-2/h4-18H,1-3H3/q+1. The normalized spacial score (nSPS) is 11.6. The van der Waals surface area contributed by atoms with Crippen LogP contribution in [0.4, 0.5) is 0 Å². The Labute approximate surface area is 196 Å². The second-order valence-electron chi connectivity index (χ2n) is 7.14. The van der Waals surface area contributed by atoms with Crippen molar-refractivity contribution in [2.75, 3.05) is 14.2 Å². The Morgan fingerprint density at radius 1 is 0.656 bits per heavy atom. The monoisotopic (exact) mass is 463 g/mol. The van der Waals surface area contributed by atoms with Crippen LogP contribution in [0.3, 0.4) is 0 Å². The van der Waals surface area contributed by atoms with E-state index in [1.54, 1.807) is 14.2 Å². The van der Waals surface area contributed by atoms with Crippen LogP contribution < -0.4 is 14.2 Å². The first kappa shape index (κ1) is 22.1. The summed E-state index contributed by atoms with van der Waals surface area (Å²) in [6.45, 7) is 2.09. The molecule has 4 aromatic carbocycles. The van der Waals surface area contributed by atoms with Crippen LogP contribution in [0.2, 0.25) is 5.02 Å². The van der Waals surface area contributed by atoms with Gasteiger partial charge in [-0.3, -0.25) is 0 Å². The number of rotatable bonds is 7. The van der Waals surface area contributed by atoms with Crippen LogP contribution in [-0.2, 0) is 10.9 Å². The summed E-state index contributed by atoms with van der Waals surface area (Å²) in [5, 5.41) is 0.703. The van der Waals surface area contributed by atoms with Crippen LogP contribution in [0, 0.1) is 6.92 Å². The molecule has 5 heteroatoms. The Morgan fingerprint density at radius 2 is 1.25 bits per heavy atom. The van der Waals surface area contributed by atoms with Crippen molar-refractivity contribution in [3.05, 3.63) is 102 Å². The lowest BCUT2D eigenvalue weighted by Crippen LogP contribution is -2.08. The molecule has 0 aliphatic carbocycles. The van der Waals surface area contributed by atoms with Gasteiger partial charge >= 0.3 is 0 Å². The van der Waals surface area contributed by atoms with Gasteiger partial charge in [0.2, 0.25) is 0 Å². The molecule has 0 spiro atoms. The SMILES string of the molecule is COc1cccc(Oc2cccc(OC)c2[S+](c2ccc(C)cc2)c2ccc(Cl)cc2)c1. The number of hydrogen-bond donors (Lipinski definition) is 0. The molecule has 0 N–H and O–H groups in total. The summed E-state index contributed by atoms with van der Waals surface area (Å²) >= 11 is 6.20. The third-order valence-electron chi connectivity index (χ3n) is 4.94. The Balaban J connectivity index is 1.89. The van der Waals surface area contributed by atoms with Gasteiger partial charge in [-0.05, 0) is 67.6 Å². The first-order valence-corrected chi connectivity index (χ1v) is 11.7. The molecule has 4 rings (SSSR count). The number of benzene rings is 4. The van der Waals surface area contributed by atoms with Crippen molar-refractivity contribution in [1.29, 1.82) is 0 Å². The quantitative estimate of drug-likeness (QED) is 0.265. The Bertz CT molecular complexity index is 1140. The molecule has 0 bridgehead atoms. The van der Waals surface area contributed by atoms with Crippen molar-refractivity contribution in [2.24, 2.45) is 0 Å². The largest absolute Gasteiger partial charge is 0.497 e. The molecular weight excluding hydrogens is 440 g/mol. The molecule has 0 radical (unpaired) electrons. The van der Waals surface area contributed by atoms with Gasteiger partial charge in [-0.25, -0.2) is 0 Å². The van der Waals surface area contributed by atoms with E-state index >= 15 is 0 Å². The summed E-state index contributed by atoms with van der Waals surface area (Å²) in [6, 6.07) is 30.0. The molecule has 0 fully saturated rings. The summed E-state index contributed by atoms with van der Waals surface area (Å²) in [7, 11) is 2.86. The molecule has 0 saturated carbocycles. The molecule has 0 aliphatic rings. The van der Waals surface area contributed by atoms with Crippen molar-refractivity contribution in [3.8, 4) is 23.0 Å². The number of aryl methyl sites for hydroxylation is 1. The van der Waals surface area contributed by atoms with E-state index in [4.69, 9.17) is 25.8 Å². The van der Waals surface area contributed by atoms with E-state index in [2.05, 4.69) is 43.3 Å². The number of hydrogen-bond acceptors (Lipinski definition) is 3. The number of ether oxygens (including phenoxy) is 3. The molecule has 0 aromatic heterocycles. The van der Waals surface area contributed by atoms with E-state index in [-0.39, 0.29) is 0 Å². The summed E-state index contributed by atoms with van der Waals surface area (Å²) < 4.78 is 17.6. The smallest absolute Gasteiger partial charge is 0.250 e.